The van der Waals surface area contributed by atoms with E-state index >= 15 is 0 Å². The lowest BCUT2D eigenvalue weighted by atomic mass is 9.99. The minimum absolute atomic E-state index is 0.0846. The smallest absolute Gasteiger partial charge is 0.343 e. The molecule has 1 N–H and O–H groups in total. The van der Waals surface area contributed by atoms with Crippen molar-refractivity contribution in [3.63, 3.8) is 0 Å². The van der Waals surface area contributed by atoms with Gasteiger partial charge in [0.25, 0.3) is 0 Å². The Kier molecular flexibility index (Phi) is 9.14. The van der Waals surface area contributed by atoms with Gasteiger partial charge in [0, 0.05) is 26.0 Å². The lowest BCUT2D eigenvalue weighted by Gasteiger charge is -2.22. The zero-order valence-electron chi connectivity index (χ0n) is 25.4. The summed E-state index contributed by atoms with van der Waals surface area (Å²) in [6.07, 6.45) is 2.23. The highest BCUT2D eigenvalue weighted by molar-refractivity contribution is 8.15. The van der Waals surface area contributed by atoms with Crippen molar-refractivity contribution in [3.8, 4) is 22.8 Å². The van der Waals surface area contributed by atoms with Gasteiger partial charge in [-0.2, -0.15) is 9.38 Å². The molecule has 3 aromatic carbocycles. The third-order valence-corrected chi connectivity index (χ3v) is 7.79. The average Bonchev–Trinajstić information content (AvgIpc) is 3.60. The van der Waals surface area contributed by atoms with Gasteiger partial charge in [-0.3, -0.25) is 9.69 Å². The molecule has 9 nitrogen and oxygen atoms in total. The summed E-state index contributed by atoms with van der Waals surface area (Å²) < 4.78 is 20.6. The summed E-state index contributed by atoms with van der Waals surface area (Å²) in [6.45, 7) is 9.23. The molecular formula is C33H35FN6O3S. The predicted molar refractivity (Wildman–Crippen MR) is 172 cm³/mol. The maximum atomic E-state index is 13.7. The number of alkyl halides is 1. The summed E-state index contributed by atoms with van der Waals surface area (Å²) in [5.74, 6) is -0.389. The second-order valence-corrected chi connectivity index (χ2v) is 12.2. The number of nitrogens with zero attached hydrogens (tertiary/aromatic N) is 5. The monoisotopic (exact) mass is 614 g/mol. The third-order valence-electron chi connectivity index (χ3n) is 6.87. The fraction of sp³-hybridized carbons (Fsp3) is 0.303. The molecule has 11 heteroatoms. The van der Waals surface area contributed by atoms with E-state index in [-0.39, 0.29) is 17.6 Å². The van der Waals surface area contributed by atoms with Crippen LogP contribution >= 0.6 is 11.8 Å². The van der Waals surface area contributed by atoms with Gasteiger partial charge < -0.3 is 10.1 Å². The van der Waals surface area contributed by atoms with Crippen LogP contribution in [0.25, 0.3) is 17.1 Å². The van der Waals surface area contributed by atoms with Crippen molar-refractivity contribution < 1.29 is 18.7 Å². The molecule has 0 atom stereocenters. The van der Waals surface area contributed by atoms with E-state index in [9.17, 15) is 14.0 Å². The first-order valence-corrected chi connectivity index (χ1v) is 15.4. The lowest BCUT2D eigenvalue weighted by Crippen LogP contribution is -2.32. The largest absolute Gasteiger partial charge is 0.459 e. The van der Waals surface area contributed by atoms with E-state index in [0.717, 1.165) is 33.6 Å². The van der Waals surface area contributed by atoms with Gasteiger partial charge in [0.1, 0.15) is 12.1 Å². The van der Waals surface area contributed by atoms with Gasteiger partial charge in [-0.05, 0) is 66.3 Å². The Hall–Kier alpha value is -4.51. The number of hydrogen-bond acceptors (Lipinski definition) is 6. The fourth-order valence-electron chi connectivity index (χ4n) is 4.74. The SMILES string of the molecule is Cc1ccc(C(C)C)c(N2C(=O)CS/C2=N\C(=O)NCCc2ccc(-c3ncn(-c4ccc(OC(C)(C)F)cc4)n3)cc2)c1. The molecular weight excluding hydrogens is 579 g/mol. The Labute approximate surface area is 260 Å². The summed E-state index contributed by atoms with van der Waals surface area (Å²) in [5.41, 5.74) is 5.50. The van der Waals surface area contributed by atoms with Crippen LogP contribution in [0.1, 0.15) is 50.3 Å². The maximum absolute atomic E-state index is 13.7. The zero-order chi connectivity index (χ0) is 31.4. The van der Waals surface area contributed by atoms with Gasteiger partial charge in [-0.25, -0.2) is 14.5 Å². The Morgan fingerprint density at radius 1 is 1.11 bits per heavy atom. The van der Waals surface area contributed by atoms with Crippen molar-refractivity contribution in [2.75, 3.05) is 17.2 Å². The van der Waals surface area contributed by atoms with Crippen molar-refractivity contribution in [2.24, 2.45) is 4.99 Å². The number of hydrogen-bond donors (Lipinski definition) is 1. The molecule has 0 bridgehead atoms. The molecule has 2 heterocycles. The van der Waals surface area contributed by atoms with Gasteiger partial charge in [0.2, 0.25) is 11.8 Å². The highest BCUT2D eigenvalue weighted by Crippen LogP contribution is 2.34. The number of urea groups is 1. The highest BCUT2D eigenvalue weighted by atomic mass is 32.2. The molecule has 0 saturated carbocycles. The van der Waals surface area contributed by atoms with Crippen LogP contribution in [0.2, 0.25) is 0 Å². The van der Waals surface area contributed by atoms with Crippen LogP contribution in [0.5, 0.6) is 5.75 Å². The first kappa shape index (κ1) is 30.9. The molecule has 1 aromatic heterocycles. The number of benzene rings is 3. The minimum atomic E-state index is -1.76. The van der Waals surface area contributed by atoms with E-state index in [1.165, 1.54) is 25.6 Å². The van der Waals surface area contributed by atoms with E-state index in [2.05, 4.69) is 34.2 Å². The molecule has 1 fully saturated rings. The Morgan fingerprint density at radius 2 is 1.84 bits per heavy atom. The Balaban J connectivity index is 1.17. The van der Waals surface area contributed by atoms with Crippen molar-refractivity contribution in [1.29, 1.82) is 0 Å². The van der Waals surface area contributed by atoms with Crippen molar-refractivity contribution in [1.82, 2.24) is 20.1 Å². The molecule has 0 unspecified atom stereocenters. The van der Waals surface area contributed by atoms with Crippen molar-refractivity contribution in [3.05, 3.63) is 89.7 Å². The number of amides is 3. The summed E-state index contributed by atoms with van der Waals surface area (Å²) in [5, 5.41) is 7.80. The van der Waals surface area contributed by atoms with E-state index in [1.54, 1.807) is 40.2 Å². The number of anilines is 1. The second kappa shape index (κ2) is 13.0. The van der Waals surface area contributed by atoms with E-state index in [0.29, 0.717) is 29.7 Å². The van der Waals surface area contributed by atoms with E-state index < -0.39 is 11.9 Å². The molecule has 44 heavy (non-hydrogen) atoms. The van der Waals surface area contributed by atoms with Crippen LogP contribution in [-0.4, -0.2) is 50.0 Å². The standard InChI is InChI=1S/C33H35FN6O3S/c1-21(2)27-15-6-22(3)18-28(27)40-29(41)19-44-32(40)37-31(42)35-17-16-23-7-9-24(10-8-23)30-36-20-39(38-30)25-11-13-26(14-12-25)43-33(4,5)34/h6-15,18,20-21H,16-17,19H2,1-5H3,(H,35,42)/b37-32-. The highest BCUT2D eigenvalue weighted by Gasteiger charge is 2.32. The molecule has 4 aromatic rings. The zero-order valence-corrected chi connectivity index (χ0v) is 26.2. The van der Waals surface area contributed by atoms with Crippen LogP contribution in [0, 0.1) is 6.92 Å². The predicted octanol–water partition coefficient (Wildman–Crippen LogP) is 6.84. The van der Waals surface area contributed by atoms with Crippen molar-refractivity contribution >= 4 is 34.6 Å². The van der Waals surface area contributed by atoms with Gasteiger partial charge in [-0.15, -0.1) is 5.10 Å². The number of aromatic nitrogens is 3. The van der Waals surface area contributed by atoms with Crippen molar-refractivity contribution in [2.45, 2.75) is 52.8 Å². The van der Waals surface area contributed by atoms with Gasteiger partial charge in [-0.1, -0.05) is 62.0 Å². The number of halogens is 1. The maximum Gasteiger partial charge on any atom is 0.343 e. The number of aliphatic imine (C=N–C) groups is 1. The summed E-state index contributed by atoms with van der Waals surface area (Å²) >= 11 is 1.27. The van der Waals surface area contributed by atoms with Gasteiger partial charge >= 0.3 is 6.03 Å². The topological polar surface area (TPSA) is 102 Å². The van der Waals surface area contributed by atoms with Crippen LogP contribution in [0.4, 0.5) is 14.9 Å². The number of thioether (sulfide) groups is 1. The molecule has 1 aliphatic heterocycles. The first-order chi connectivity index (χ1) is 21.0. The van der Waals surface area contributed by atoms with E-state index in [1.807, 2.05) is 49.4 Å². The minimum Gasteiger partial charge on any atom is -0.459 e. The molecule has 1 saturated heterocycles. The molecule has 0 aliphatic carbocycles. The van der Waals surface area contributed by atoms with Crippen LogP contribution < -0.4 is 15.0 Å². The number of carbonyl (C=O) groups excluding carboxylic acids is 2. The average molecular weight is 615 g/mol. The van der Waals surface area contributed by atoms with Crippen LogP contribution in [0.3, 0.4) is 0 Å². The quantitative estimate of drug-likeness (QED) is 0.222. The van der Waals surface area contributed by atoms with Gasteiger partial charge in [0.15, 0.2) is 11.0 Å². The number of ether oxygens (including phenoxy) is 1. The first-order valence-electron chi connectivity index (χ1n) is 14.4. The number of nitrogens with one attached hydrogen (secondary N) is 1. The lowest BCUT2D eigenvalue weighted by molar-refractivity contribution is -0.115. The molecule has 0 radical (unpaired) electrons. The molecule has 0 spiro atoms. The second-order valence-electron chi connectivity index (χ2n) is 11.3. The number of amidine groups is 1. The number of rotatable bonds is 9. The third kappa shape index (κ3) is 7.52. The number of aryl methyl sites for hydroxylation is 1. The van der Waals surface area contributed by atoms with Crippen LogP contribution in [0.15, 0.2) is 78.0 Å². The molecule has 3 amide bonds. The normalized spacial score (nSPS) is 14.5. The Morgan fingerprint density at radius 3 is 2.52 bits per heavy atom. The molecule has 1 aliphatic rings. The van der Waals surface area contributed by atoms with E-state index in [4.69, 9.17) is 4.74 Å². The molecule has 228 valence electrons. The fourth-order valence-corrected chi connectivity index (χ4v) is 5.60. The van der Waals surface area contributed by atoms with Crippen LogP contribution in [-0.2, 0) is 11.2 Å². The molecule has 5 rings (SSSR count). The summed E-state index contributed by atoms with van der Waals surface area (Å²) in [7, 11) is 0. The number of carbonyl (C=O) groups is 2. The summed E-state index contributed by atoms with van der Waals surface area (Å²) in [4.78, 5) is 35.7. The summed E-state index contributed by atoms with van der Waals surface area (Å²) in [6, 6.07) is 20.3. The van der Waals surface area contributed by atoms with Gasteiger partial charge in [0.05, 0.1) is 17.1 Å². The Bertz CT molecular complexity index is 1680.